The summed E-state index contributed by atoms with van der Waals surface area (Å²) in [6.07, 6.45) is 2.56. The molecule has 6 heteroatoms. The van der Waals surface area contributed by atoms with Crippen LogP contribution in [0.1, 0.15) is 31.9 Å². The lowest BCUT2D eigenvalue weighted by Crippen LogP contribution is -2.34. The van der Waals surface area contributed by atoms with Crippen molar-refractivity contribution in [3.05, 3.63) is 54.0 Å². The number of rotatable bonds is 5. The molecule has 0 radical (unpaired) electrons. The molecule has 2 aromatic rings. The molecule has 1 aliphatic rings. The van der Waals surface area contributed by atoms with Crippen molar-refractivity contribution in [1.29, 1.82) is 0 Å². The Kier molecular flexibility index (Phi) is 5.28. The highest BCUT2D eigenvalue weighted by Gasteiger charge is 2.26. The van der Waals surface area contributed by atoms with Crippen molar-refractivity contribution < 1.29 is 9.18 Å². The van der Waals surface area contributed by atoms with E-state index in [0.717, 1.165) is 30.8 Å². The molecule has 3 rings (SSSR count). The predicted molar refractivity (Wildman–Crippen MR) is 97.1 cm³/mol. The molecule has 25 heavy (non-hydrogen) atoms. The van der Waals surface area contributed by atoms with Gasteiger partial charge in [-0.25, -0.2) is 9.37 Å². The number of carbonyl (C=O) groups excluding carboxylic acids is 1. The lowest BCUT2D eigenvalue weighted by Gasteiger charge is -2.22. The summed E-state index contributed by atoms with van der Waals surface area (Å²) in [5, 5.41) is 6.39. The molecule has 0 aliphatic carbocycles. The molecule has 1 fully saturated rings. The van der Waals surface area contributed by atoms with Gasteiger partial charge in [0.25, 0.3) is 0 Å². The van der Waals surface area contributed by atoms with Crippen LogP contribution in [-0.4, -0.2) is 30.0 Å². The maximum absolute atomic E-state index is 13.9. The summed E-state index contributed by atoms with van der Waals surface area (Å²) in [7, 11) is 0. The summed E-state index contributed by atoms with van der Waals surface area (Å²) >= 11 is 0. The topological polar surface area (TPSA) is 57.3 Å². The Hall–Kier alpha value is -2.47. The number of pyridine rings is 1. The van der Waals surface area contributed by atoms with E-state index in [1.54, 1.807) is 12.3 Å². The van der Waals surface area contributed by atoms with Crippen LogP contribution in [0.5, 0.6) is 0 Å². The van der Waals surface area contributed by atoms with Gasteiger partial charge in [-0.1, -0.05) is 12.1 Å². The van der Waals surface area contributed by atoms with Gasteiger partial charge in [0.2, 0.25) is 5.91 Å². The van der Waals surface area contributed by atoms with Crippen molar-refractivity contribution in [2.45, 2.75) is 32.4 Å². The van der Waals surface area contributed by atoms with Crippen molar-refractivity contribution in [2.75, 3.05) is 23.3 Å². The fourth-order valence-electron chi connectivity index (χ4n) is 3.24. The Labute approximate surface area is 147 Å². The maximum Gasteiger partial charge on any atom is 0.221 e. The number of halogens is 1. The van der Waals surface area contributed by atoms with Crippen LogP contribution in [0.2, 0.25) is 0 Å². The molecule has 1 aromatic carbocycles. The van der Waals surface area contributed by atoms with E-state index in [0.29, 0.717) is 5.82 Å². The molecule has 2 N–H and O–H groups in total. The van der Waals surface area contributed by atoms with E-state index < -0.39 is 0 Å². The van der Waals surface area contributed by atoms with Crippen LogP contribution in [0.4, 0.5) is 15.9 Å². The third kappa shape index (κ3) is 4.33. The molecule has 1 amide bonds. The summed E-state index contributed by atoms with van der Waals surface area (Å²) in [4.78, 5) is 17.3. The molecular weight excluding hydrogens is 319 g/mol. The van der Waals surface area contributed by atoms with Crippen molar-refractivity contribution in [2.24, 2.45) is 0 Å². The van der Waals surface area contributed by atoms with Gasteiger partial charge in [-0.15, -0.1) is 0 Å². The van der Waals surface area contributed by atoms with Gasteiger partial charge in [-0.05, 0) is 43.2 Å². The predicted octanol–water partition coefficient (Wildman–Crippen LogP) is 3.11. The zero-order chi connectivity index (χ0) is 17.8. The molecule has 2 heterocycles. The van der Waals surface area contributed by atoms with E-state index in [9.17, 15) is 9.18 Å². The average Bonchev–Trinajstić information content (AvgIpc) is 3.03. The lowest BCUT2D eigenvalue weighted by molar-refractivity contribution is -0.114. The van der Waals surface area contributed by atoms with Gasteiger partial charge in [-0.3, -0.25) is 4.79 Å². The second-order valence-corrected chi connectivity index (χ2v) is 6.44. The number of hydrogen-bond donors (Lipinski definition) is 2. The van der Waals surface area contributed by atoms with Crippen LogP contribution in [0, 0.1) is 5.82 Å². The first-order valence-electron chi connectivity index (χ1n) is 8.52. The summed E-state index contributed by atoms with van der Waals surface area (Å²) in [6, 6.07) is 11.3. The molecule has 2 atom stereocenters. The number of carbonyl (C=O) groups is 1. The van der Waals surface area contributed by atoms with Crippen LogP contribution in [-0.2, 0) is 4.79 Å². The van der Waals surface area contributed by atoms with Crippen LogP contribution in [0.25, 0.3) is 0 Å². The molecule has 0 bridgehead atoms. The minimum absolute atomic E-state index is 0.0819. The average molecular weight is 342 g/mol. The SMILES string of the molecule is CC(=O)Nc1cccc([C@H](C)N[C@@H]2CCN(c3ncccc3F)C2)c1. The largest absolute Gasteiger partial charge is 0.353 e. The van der Waals surface area contributed by atoms with Gasteiger partial charge in [0.15, 0.2) is 11.6 Å². The number of anilines is 2. The van der Waals surface area contributed by atoms with Gasteiger partial charge >= 0.3 is 0 Å². The molecular formula is C19H23FN4O. The monoisotopic (exact) mass is 342 g/mol. The van der Waals surface area contributed by atoms with E-state index in [4.69, 9.17) is 0 Å². The smallest absolute Gasteiger partial charge is 0.221 e. The van der Waals surface area contributed by atoms with E-state index in [-0.39, 0.29) is 23.8 Å². The fourth-order valence-corrected chi connectivity index (χ4v) is 3.24. The van der Waals surface area contributed by atoms with Crippen molar-refractivity contribution in [3.63, 3.8) is 0 Å². The standard InChI is InChI=1S/C19H23FN4O/c1-13(15-5-3-6-16(11-15)23-14(2)25)22-17-8-10-24(12-17)19-18(20)7-4-9-21-19/h3-7,9,11,13,17,22H,8,10,12H2,1-2H3,(H,23,25)/t13-,17+/m0/s1. The third-order valence-electron chi connectivity index (χ3n) is 4.42. The van der Waals surface area contributed by atoms with E-state index >= 15 is 0 Å². The number of aromatic nitrogens is 1. The van der Waals surface area contributed by atoms with Crippen molar-refractivity contribution >= 4 is 17.4 Å². The number of amides is 1. The van der Waals surface area contributed by atoms with Crippen LogP contribution >= 0.6 is 0 Å². The Morgan fingerprint density at radius 3 is 2.96 bits per heavy atom. The third-order valence-corrected chi connectivity index (χ3v) is 4.42. The van der Waals surface area contributed by atoms with Crippen molar-refractivity contribution in [1.82, 2.24) is 10.3 Å². The fraction of sp³-hybridized carbons (Fsp3) is 0.368. The number of hydrogen-bond acceptors (Lipinski definition) is 4. The number of nitrogens with zero attached hydrogens (tertiary/aromatic N) is 2. The number of nitrogens with one attached hydrogen (secondary N) is 2. The van der Waals surface area contributed by atoms with E-state index in [2.05, 4.69) is 22.5 Å². The molecule has 0 saturated carbocycles. The summed E-state index contributed by atoms with van der Waals surface area (Å²) in [5.41, 5.74) is 1.90. The highest BCUT2D eigenvalue weighted by molar-refractivity contribution is 5.88. The Morgan fingerprint density at radius 2 is 2.20 bits per heavy atom. The Morgan fingerprint density at radius 1 is 1.36 bits per heavy atom. The highest BCUT2D eigenvalue weighted by atomic mass is 19.1. The first-order valence-corrected chi connectivity index (χ1v) is 8.52. The maximum atomic E-state index is 13.9. The number of benzene rings is 1. The van der Waals surface area contributed by atoms with Gasteiger partial charge < -0.3 is 15.5 Å². The van der Waals surface area contributed by atoms with Gasteiger partial charge in [0.05, 0.1) is 0 Å². The normalized spacial score (nSPS) is 18.2. The Bertz CT molecular complexity index is 752. The molecule has 0 unspecified atom stereocenters. The minimum atomic E-state index is -0.279. The van der Waals surface area contributed by atoms with Gasteiger partial charge in [0.1, 0.15) is 0 Å². The van der Waals surface area contributed by atoms with Gasteiger partial charge in [-0.2, -0.15) is 0 Å². The first-order chi connectivity index (χ1) is 12.0. The lowest BCUT2D eigenvalue weighted by atomic mass is 10.1. The van der Waals surface area contributed by atoms with Crippen LogP contribution in [0.3, 0.4) is 0 Å². The molecule has 132 valence electrons. The van der Waals surface area contributed by atoms with Crippen LogP contribution < -0.4 is 15.5 Å². The van der Waals surface area contributed by atoms with E-state index in [1.807, 2.05) is 29.2 Å². The zero-order valence-corrected chi connectivity index (χ0v) is 14.5. The Balaban J connectivity index is 1.61. The summed E-state index contributed by atoms with van der Waals surface area (Å²) in [6.45, 7) is 5.10. The molecule has 1 aromatic heterocycles. The van der Waals surface area contributed by atoms with Crippen LogP contribution in [0.15, 0.2) is 42.6 Å². The second kappa shape index (κ2) is 7.61. The summed E-state index contributed by atoms with van der Waals surface area (Å²) in [5.74, 6) is 0.0629. The molecule has 1 saturated heterocycles. The second-order valence-electron chi connectivity index (χ2n) is 6.44. The van der Waals surface area contributed by atoms with Crippen molar-refractivity contribution in [3.8, 4) is 0 Å². The molecule has 0 spiro atoms. The highest BCUT2D eigenvalue weighted by Crippen LogP contribution is 2.23. The minimum Gasteiger partial charge on any atom is -0.353 e. The van der Waals surface area contributed by atoms with Gasteiger partial charge in [0, 0.05) is 44.0 Å². The zero-order valence-electron chi connectivity index (χ0n) is 14.5. The first kappa shape index (κ1) is 17.4. The quantitative estimate of drug-likeness (QED) is 0.877. The molecule has 1 aliphatic heterocycles. The van der Waals surface area contributed by atoms with E-state index in [1.165, 1.54) is 13.0 Å². The summed E-state index contributed by atoms with van der Waals surface area (Å²) < 4.78 is 13.9. The molecule has 5 nitrogen and oxygen atoms in total.